The van der Waals surface area contributed by atoms with Gasteiger partial charge in [-0.15, -0.1) is 0 Å². The van der Waals surface area contributed by atoms with Crippen molar-refractivity contribution in [1.29, 1.82) is 0 Å². The minimum Gasteiger partial charge on any atom is -0.452 e. The maximum Gasteiger partial charge on any atom is 0.338 e. The van der Waals surface area contributed by atoms with Crippen molar-refractivity contribution in [3.63, 3.8) is 0 Å². The number of aryl methyl sites for hydroxylation is 1. The summed E-state index contributed by atoms with van der Waals surface area (Å²) in [6.07, 6.45) is 1.65. The second kappa shape index (κ2) is 8.94. The first-order valence-corrected chi connectivity index (χ1v) is 10.9. The highest BCUT2D eigenvalue weighted by atomic mass is 35.5. The zero-order chi connectivity index (χ0) is 21.0. The van der Waals surface area contributed by atoms with E-state index in [4.69, 9.17) is 16.3 Å². The van der Waals surface area contributed by atoms with Crippen LogP contribution in [0.4, 0.5) is 5.69 Å². The molecule has 1 aliphatic rings. The molecule has 1 saturated heterocycles. The molecule has 0 atom stereocenters. The molecule has 9 heteroatoms. The van der Waals surface area contributed by atoms with Gasteiger partial charge in [0.25, 0.3) is 5.91 Å². The lowest BCUT2D eigenvalue weighted by Crippen LogP contribution is -2.28. The first-order valence-electron chi connectivity index (χ1n) is 9.11. The van der Waals surface area contributed by atoms with Crippen LogP contribution in [0.25, 0.3) is 0 Å². The van der Waals surface area contributed by atoms with Crippen molar-refractivity contribution < 1.29 is 22.7 Å². The highest BCUT2D eigenvalue weighted by Crippen LogP contribution is 2.22. The number of anilines is 1. The molecular formula is C20H21ClN2O5S. The molecule has 1 fully saturated rings. The third-order valence-electron chi connectivity index (χ3n) is 4.57. The van der Waals surface area contributed by atoms with Gasteiger partial charge in [-0.1, -0.05) is 17.7 Å². The summed E-state index contributed by atoms with van der Waals surface area (Å²) < 4.78 is 31.7. The molecule has 1 aliphatic heterocycles. The van der Waals surface area contributed by atoms with Gasteiger partial charge in [-0.25, -0.2) is 13.2 Å². The number of esters is 1. The van der Waals surface area contributed by atoms with Crippen LogP contribution in [0, 0.1) is 6.92 Å². The van der Waals surface area contributed by atoms with Gasteiger partial charge in [0.1, 0.15) is 0 Å². The van der Waals surface area contributed by atoms with Crippen LogP contribution in [0.15, 0.2) is 47.4 Å². The van der Waals surface area contributed by atoms with E-state index in [2.05, 4.69) is 5.32 Å². The number of nitrogens with one attached hydrogen (secondary N) is 1. The molecule has 0 spiro atoms. The maximum atomic E-state index is 12.6. The minimum absolute atomic E-state index is 0.0371. The van der Waals surface area contributed by atoms with E-state index >= 15 is 0 Å². The third-order valence-corrected chi connectivity index (χ3v) is 6.70. The Morgan fingerprint density at radius 1 is 1.14 bits per heavy atom. The summed E-state index contributed by atoms with van der Waals surface area (Å²) in [4.78, 5) is 24.4. The number of carbonyl (C=O) groups is 2. The minimum atomic E-state index is -3.64. The predicted molar refractivity (Wildman–Crippen MR) is 110 cm³/mol. The number of amides is 1. The predicted octanol–water partition coefficient (Wildman–Crippen LogP) is 3.23. The normalized spacial score (nSPS) is 14.6. The summed E-state index contributed by atoms with van der Waals surface area (Å²) >= 11 is 5.88. The largest absolute Gasteiger partial charge is 0.452 e. The van der Waals surface area contributed by atoms with E-state index in [1.165, 1.54) is 28.6 Å². The molecule has 7 nitrogen and oxygen atoms in total. The summed E-state index contributed by atoms with van der Waals surface area (Å²) in [5, 5.41) is 3.19. The molecule has 0 unspecified atom stereocenters. The Kier molecular flexibility index (Phi) is 6.56. The molecule has 1 amide bonds. The van der Waals surface area contributed by atoms with Crippen LogP contribution in [0.5, 0.6) is 0 Å². The fraction of sp³-hybridized carbons (Fsp3) is 0.300. The second-order valence-corrected chi connectivity index (χ2v) is 9.10. The summed E-state index contributed by atoms with van der Waals surface area (Å²) in [6.45, 7) is 2.24. The molecule has 1 heterocycles. The van der Waals surface area contributed by atoms with Crippen molar-refractivity contribution in [3.05, 3.63) is 58.6 Å². The Hall–Kier alpha value is -2.42. The van der Waals surface area contributed by atoms with Crippen molar-refractivity contribution in [3.8, 4) is 0 Å². The van der Waals surface area contributed by atoms with E-state index in [-0.39, 0.29) is 10.5 Å². The van der Waals surface area contributed by atoms with Crippen molar-refractivity contribution >= 4 is 39.2 Å². The lowest BCUT2D eigenvalue weighted by atomic mass is 10.2. The van der Waals surface area contributed by atoms with Gasteiger partial charge < -0.3 is 10.1 Å². The zero-order valence-electron chi connectivity index (χ0n) is 15.9. The summed E-state index contributed by atoms with van der Waals surface area (Å²) in [5.74, 6) is -1.28. The molecular weight excluding hydrogens is 416 g/mol. The van der Waals surface area contributed by atoms with Gasteiger partial charge in [0, 0.05) is 23.8 Å². The Balaban J connectivity index is 1.63. The number of carbonyl (C=O) groups excluding carboxylic acids is 2. The Labute approximate surface area is 174 Å². The standard InChI is InChI=1S/C20H21ClN2O5S/c1-14-11-16(21)7-8-18(14)22-19(24)13-28-20(25)15-5-4-6-17(12-15)29(26,27)23-9-2-3-10-23/h4-8,11-12H,2-3,9-10,13H2,1H3,(H,22,24). The third kappa shape index (κ3) is 5.14. The fourth-order valence-electron chi connectivity index (χ4n) is 3.03. The second-order valence-electron chi connectivity index (χ2n) is 6.72. The summed E-state index contributed by atoms with van der Waals surface area (Å²) in [7, 11) is -3.64. The number of hydrogen-bond donors (Lipinski definition) is 1. The van der Waals surface area contributed by atoms with Crippen LogP contribution < -0.4 is 5.32 Å². The topological polar surface area (TPSA) is 92.8 Å². The number of ether oxygens (including phenoxy) is 1. The molecule has 2 aromatic rings. The highest BCUT2D eigenvalue weighted by Gasteiger charge is 2.27. The molecule has 0 saturated carbocycles. The molecule has 3 rings (SSSR count). The molecule has 0 bridgehead atoms. The highest BCUT2D eigenvalue weighted by molar-refractivity contribution is 7.89. The van der Waals surface area contributed by atoms with Gasteiger partial charge in [0.2, 0.25) is 10.0 Å². The SMILES string of the molecule is Cc1cc(Cl)ccc1NC(=O)COC(=O)c1cccc(S(=O)(=O)N2CCCC2)c1. The Bertz CT molecular complexity index is 1030. The van der Waals surface area contributed by atoms with Gasteiger partial charge in [-0.2, -0.15) is 4.31 Å². The van der Waals surface area contributed by atoms with Crippen LogP contribution in [0.3, 0.4) is 0 Å². The number of benzene rings is 2. The lowest BCUT2D eigenvalue weighted by molar-refractivity contribution is -0.119. The molecule has 0 aromatic heterocycles. The lowest BCUT2D eigenvalue weighted by Gasteiger charge is -2.15. The molecule has 2 aromatic carbocycles. The molecule has 29 heavy (non-hydrogen) atoms. The Morgan fingerprint density at radius 3 is 2.55 bits per heavy atom. The van der Waals surface area contributed by atoms with E-state index < -0.39 is 28.5 Å². The van der Waals surface area contributed by atoms with E-state index in [1.54, 1.807) is 25.1 Å². The fourth-order valence-corrected chi connectivity index (χ4v) is 4.82. The summed E-state index contributed by atoms with van der Waals surface area (Å²) in [6, 6.07) is 10.7. The van der Waals surface area contributed by atoms with Crippen LogP contribution in [0.2, 0.25) is 5.02 Å². The first kappa shape index (κ1) is 21.3. The van der Waals surface area contributed by atoms with Gasteiger partial charge in [-0.05, 0) is 61.7 Å². The summed E-state index contributed by atoms with van der Waals surface area (Å²) in [5.41, 5.74) is 1.41. The van der Waals surface area contributed by atoms with E-state index in [1.807, 2.05) is 0 Å². The number of halogens is 1. The van der Waals surface area contributed by atoms with Crippen LogP contribution in [-0.4, -0.2) is 44.3 Å². The van der Waals surface area contributed by atoms with Gasteiger partial charge >= 0.3 is 5.97 Å². The molecule has 154 valence electrons. The molecule has 0 radical (unpaired) electrons. The average Bonchev–Trinajstić information content (AvgIpc) is 3.24. The van der Waals surface area contributed by atoms with Crippen molar-refractivity contribution in [1.82, 2.24) is 4.31 Å². The first-order chi connectivity index (χ1) is 13.8. The van der Waals surface area contributed by atoms with Gasteiger partial charge in [-0.3, -0.25) is 4.79 Å². The molecule has 1 N–H and O–H groups in total. The zero-order valence-corrected chi connectivity index (χ0v) is 17.4. The van der Waals surface area contributed by atoms with Crippen LogP contribution in [0.1, 0.15) is 28.8 Å². The number of rotatable bonds is 6. The number of hydrogen-bond acceptors (Lipinski definition) is 5. The van der Waals surface area contributed by atoms with E-state index in [0.717, 1.165) is 18.4 Å². The van der Waals surface area contributed by atoms with Crippen molar-refractivity contribution in [2.24, 2.45) is 0 Å². The average molecular weight is 437 g/mol. The number of sulfonamides is 1. The van der Waals surface area contributed by atoms with Crippen molar-refractivity contribution in [2.75, 3.05) is 25.0 Å². The Morgan fingerprint density at radius 2 is 1.86 bits per heavy atom. The quantitative estimate of drug-likeness (QED) is 0.702. The smallest absolute Gasteiger partial charge is 0.338 e. The monoisotopic (exact) mass is 436 g/mol. The van der Waals surface area contributed by atoms with Crippen LogP contribution in [-0.2, 0) is 19.6 Å². The maximum absolute atomic E-state index is 12.6. The van der Waals surface area contributed by atoms with Gasteiger partial charge in [0.05, 0.1) is 10.5 Å². The van der Waals surface area contributed by atoms with E-state index in [0.29, 0.717) is 23.8 Å². The number of nitrogens with zero attached hydrogens (tertiary/aromatic N) is 1. The molecule has 0 aliphatic carbocycles. The van der Waals surface area contributed by atoms with E-state index in [9.17, 15) is 18.0 Å². The van der Waals surface area contributed by atoms with Gasteiger partial charge in [0.15, 0.2) is 6.61 Å². The van der Waals surface area contributed by atoms with Crippen molar-refractivity contribution in [2.45, 2.75) is 24.7 Å². The van der Waals surface area contributed by atoms with Crippen LogP contribution >= 0.6 is 11.6 Å².